The van der Waals surface area contributed by atoms with Gasteiger partial charge in [-0.2, -0.15) is 4.98 Å². The number of aryl methyl sites for hydroxylation is 1. The van der Waals surface area contributed by atoms with Crippen LogP contribution in [0, 0.1) is 6.92 Å². The number of rotatable bonds is 4. The van der Waals surface area contributed by atoms with Crippen LogP contribution < -0.4 is 4.90 Å². The Morgan fingerprint density at radius 2 is 1.95 bits per heavy atom. The van der Waals surface area contributed by atoms with Gasteiger partial charge in [0.1, 0.15) is 12.3 Å². The van der Waals surface area contributed by atoms with E-state index in [9.17, 15) is 14.7 Å². The molecular formula is C12H11N3O5. The molecule has 0 bridgehead atoms. The van der Waals surface area contributed by atoms with Gasteiger partial charge >= 0.3 is 5.97 Å². The van der Waals surface area contributed by atoms with Crippen molar-refractivity contribution in [1.82, 2.24) is 10.1 Å². The maximum atomic E-state index is 12.2. The summed E-state index contributed by atoms with van der Waals surface area (Å²) in [7, 11) is 0. The summed E-state index contributed by atoms with van der Waals surface area (Å²) in [6.45, 7) is 0.961. The highest BCUT2D eigenvalue weighted by Gasteiger charge is 2.24. The standard InChI is InChI=1S/C12H11N3O5/c1-7-13-11(14-20-7)12(19)15(6-10(17)18)8-2-4-9(16)5-3-8/h2-5,16H,6H2,1H3,(H,17,18). The number of aromatic nitrogens is 2. The molecule has 104 valence electrons. The lowest BCUT2D eigenvalue weighted by Gasteiger charge is -2.18. The first-order valence-electron chi connectivity index (χ1n) is 5.60. The number of carboxylic acid groups (broad SMARTS) is 1. The molecule has 1 aromatic heterocycles. The number of aliphatic carboxylic acids is 1. The van der Waals surface area contributed by atoms with E-state index in [2.05, 4.69) is 10.1 Å². The van der Waals surface area contributed by atoms with Crippen LogP contribution in [0.4, 0.5) is 5.69 Å². The average Bonchev–Trinajstić information content (AvgIpc) is 2.83. The number of hydrogen-bond donors (Lipinski definition) is 2. The van der Waals surface area contributed by atoms with E-state index in [0.29, 0.717) is 5.69 Å². The van der Waals surface area contributed by atoms with Gasteiger partial charge in [0, 0.05) is 12.6 Å². The van der Waals surface area contributed by atoms with Crippen molar-refractivity contribution in [3.8, 4) is 5.75 Å². The van der Waals surface area contributed by atoms with Gasteiger partial charge in [-0.3, -0.25) is 14.5 Å². The smallest absolute Gasteiger partial charge is 0.323 e. The molecule has 8 heteroatoms. The summed E-state index contributed by atoms with van der Waals surface area (Å²) >= 11 is 0. The zero-order valence-corrected chi connectivity index (χ0v) is 10.5. The van der Waals surface area contributed by atoms with Crippen LogP contribution in [0.25, 0.3) is 0 Å². The first-order chi connectivity index (χ1) is 9.47. The van der Waals surface area contributed by atoms with E-state index in [4.69, 9.17) is 9.63 Å². The van der Waals surface area contributed by atoms with E-state index in [1.54, 1.807) is 0 Å². The van der Waals surface area contributed by atoms with Crippen LogP contribution in [0.1, 0.15) is 16.5 Å². The van der Waals surface area contributed by atoms with Crippen LogP contribution in [-0.4, -0.2) is 38.8 Å². The largest absolute Gasteiger partial charge is 0.508 e. The van der Waals surface area contributed by atoms with E-state index < -0.39 is 18.4 Å². The first-order valence-corrected chi connectivity index (χ1v) is 5.60. The molecule has 0 saturated carbocycles. The summed E-state index contributed by atoms with van der Waals surface area (Å²) in [5, 5.41) is 21.6. The predicted molar refractivity (Wildman–Crippen MR) is 66.5 cm³/mol. The summed E-state index contributed by atoms with van der Waals surface area (Å²) in [5.41, 5.74) is 0.303. The third-order valence-electron chi connectivity index (χ3n) is 2.42. The summed E-state index contributed by atoms with van der Waals surface area (Å²) in [5.74, 6) is -1.90. The Morgan fingerprint density at radius 3 is 2.45 bits per heavy atom. The molecule has 0 aliphatic heterocycles. The molecule has 2 rings (SSSR count). The molecular weight excluding hydrogens is 266 g/mol. The number of phenols is 1. The zero-order chi connectivity index (χ0) is 14.7. The molecule has 0 radical (unpaired) electrons. The quantitative estimate of drug-likeness (QED) is 0.849. The van der Waals surface area contributed by atoms with E-state index in [0.717, 1.165) is 4.90 Å². The first kappa shape index (κ1) is 13.5. The van der Waals surface area contributed by atoms with Crippen molar-refractivity contribution < 1.29 is 24.3 Å². The Bertz CT molecular complexity index is 635. The number of hydrogen-bond acceptors (Lipinski definition) is 6. The molecule has 0 atom stereocenters. The van der Waals surface area contributed by atoms with Crippen LogP contribution >= 0.6 is 0 Å². The van der Waals surface area contributed by atoms with E-state index in [1.165, 1.54) is 31.2 Å². The maximum Gasteiger partial charge on any atom is 0.323 e. The maximum absolute atomic E-state index is 12.2. The summed E-state index contributed by atoms with van der Waals surface area (Å²) in [6.07, 6.45) is 0. The number of benzene rings is 1. The average molecular weight is 277 g/mol. The SMILES string of the molecule is Cc1nc(C(=O)N(CC(=O)O)c2ccc(O)cc2)no1. The van der Waals surface area contributed by atoms with Crippen LogP contribution in [0.15, 0.2) is 28.8 Å². The lowest BCUT2D eigenvalue weighted by Crippen LogP contribution is -2.36. The van der Waals surface area contributed by atoms with Crippen LogP contribution in [0.3, 0.4) is 0 Å². The van der Waals surface area contributed by atoms with Crippen molar-refractivity contribution >= 4 is 17.6 Å². The molecule has 2 aromatic rings. The minimum absolute atomic E-state index is 0.00637. The zero-order valence-electron chi connectivity index (χ0n) is 10.5. The molecule has 0 unspecified atom stereocenters. The Morgan fingerprint density at radius 1 is 1.30 bits per heavy atom. The monoisotopic (exact) mass is 277 g/mol. The Balaban J connectivity index is 2.34. The molecule has 2 N–H and O–H groups in total. The second-order valence-electron chi connectivity index (χ2n) is 3.94. The number of amides is 1. The summed E-state index contributed by atoms with van der Waals surface area (Å²) < 4.78 is 4.70. The van der Waals surface area contributed by atoms with Gasteiger partial charge in [-0.15, -0.1) is 0 Å². The molecule has 8 nitrogen and oxygen atoms in total. The van der Waals surface area contributed by atoms with Crippen molar-refractivity contribution in [2.24, 2.45) is 0 Å². The molecule has 0 fully saturated rings. The highest BCUT2D eigenvalue weighted by atomic mass is 16.5. The number of nitrogens with zero attached hydrogens (tertiary/aromatic N) is 3. The van der Waals surface area contributed by atoms with Crippen molar-refractivity contribution in [3.05, 3.63) is 36.0 Å². The molecule has 0 aliphatic carbocycles. The fourth-order valence-corrected chi connectivity index (χ4v) is 1.56. The normalized spacial score (nSPS) is 10.2. The Kier molecular flexibility index (Phi) is 3.65. The fourth-order valence-electron chi connectivity index (χ4n) is 1.56. The van der Waals surface area contributed by atoms with Crippen molar-refractivity contribution in [2.75, 3.05) is 11.4 Å². The molecule has 1 aromatic carbocycles. The number of carbonyl (C=O) groups excluding carboxylic acids is 1. The van der Waals surface area contributed by atoms with Gasteiger partial charge in [-0.25, -0.2) is 0 Å². The topological polar surface area (TPSA) is 117 Å². The van der Waals surface area contributed by atoms with Crippen LogP contribution in [0.2, 0.25) is 0 Å². The number of carbonyl (C=O) groups is 2. The molecule has 1 amide bonds. The fraction of sp³-hybridized carbons (Fsp3) is 0.167. The summed E-state index contributed by atoms with van der Waals surface area (Å²) in [4.78, 5) is 27.8. The van der Waals surface area contributed by atoms with E-state index >= 15 is 0 Å². The minimum atomic E-state index is -1.19. The number of aromatic hydroxyl groups is 1. The second-order valence-corrected chi connectivity index (χ2v) is 3.94. The third kappa shape index (κ3) is 2.91. The third-order valence-corrected chi connectivity index (χ3v) is 2.42. The molecule has 0 spiro atoms. The van der Waals surface area contributed by atoms with Crippen molar-refractivity contribution in [3.63, 3.8) is 0 Å². The number of phenolic OH excluding ortho intramolecular Hbond substituents is 1. The number of anilines is 1. The van der Waals surface area contributed by atoms with Crippen molar-refractivity contribution in [2.45, 2.75) is 6.92 Å². The van der Waals surface area contributed by atoms with Gasteiger partial charge in [-0.05, 0) is 24.3 Å². The summed E-state index contributed by atoms with van der Waals surface area (Å²) in [6, 6.07) is 5.53. The van der Waals surface area contributed by atoms with Gasteiger partial charge in [0.2, 0.25) is 5.89 Å². The lowest BCUT2D eigenvalue weighted by molar-refractivity contribution is -0.135. The molecule has 0 saturated heterocycles. The van der Waals surface area contributed by atoms with Crippen LogP contribution in [-0.2, 0) is 4.79 Å². The van der Waals surface area contributed by atoms with Gasteiger partial charge in [0.25, 0.3) is 11.7 Å². The molecule has 1 heterocycles. The second kappa shape index (κ2) is 5.39. The van der Waals surface area contributed by atoms with E-state index in [1.807, 2.05) is 0 Å². The van der Waals surface area contributed by atoms with Gasteiger partial charge in [0.05, 0.1) is 0 Å². The molecule has 20 heavy (non-hydrogen) atoms. The van der Waals surface area contributed by atoms with Crippen LogP contribution in [0.5, 0.6) is 5.75 Å². The van der Waals surface area contributed by atoms with Gasteiger partial charge in [-0.1, -0.05) is 5.16 Å². The minimum Gasteiger partial charge on any atom is -0.508 e. The Labute approximate surface area is 113 Å². The van der Waals surface area contributed by atoms with Gasteiger partial charge < -0.3 is 14.7 Å². The van der Waals surface area contributed by atoms with Crippen molar-refractivity contribution in [1.29, 1.82) is 0 Å². The highest BCUT2D eigenvalue weighted by Crippen LogP contribution is 2.19. The number of carboxylic acids is 1. The van der Waals surface area contributed by atoms with E-state index in [-0.39, 0.29) is 17.5 Å². The lowest BCUT2D eigenvalue weighted by atomic mass is 10.2. The Hall–Kier alpha value is -2.90. The highest BCUT2D eigenvalue weighted by molar-refractivity contribution is 6.05. The predicted octanol–water partition coefficient (Wildman–Crippen LogP) is 0.815. The van der Waals surface area contributed by atoms with Gasteiger partial charge in [0.15, 0.2) is 0 Å². The molecule has 0 aliphatic rings.